The topological polar surface area (TPSA) is 111 Å². The Labute approximate surface area is 71.7 Å². The van der Waals surface area contributed by atoms with Gasteiger partial charge in [0.1, 0.15) is 0 Å². The standard InChI is InChI=1S/C5H5N3O5/c1-13-5-6-3(9)2(8(11)12)4(10)7-5/h2H,1H3,(H,6,7,9,10). The third kappa shape index (κ3) is 1.60. The number of hydrogen-bond acceptors (Lipinski definition) is 5. The summed E-state index contributed by atoms with van der Waals surface area (Å²) in [4.78, 5) is 34.0. The molecule has 8 heteroatoms. The van der Waals surface area contributed by atoms with Crippen molar-refractivity contribution in [2.75, 3.05) is 7.11 Å². The molecule has 1 aliphatic rings. The molecule has 8 nitrogen and oxygen atoms in total. The van der Waals surface area contributed by atoms with Gasteiger partial charge in [0.15, 0.2) is 0 Å². The number of carbonyl (C=O) groups excluding carboxylic acids is 2. The van der Waals surface area contributed by atoms with Crippen LogP contribution in [-0.2, 0) is 14.3 Å². The molecule has 13 heavy (non-hydrogen) atoms. The molecule has 1 N–H and O–H groups in total. The van der Waals surface area contributed by atoms with Gasteiger partial charge in [0.2, 0.25) is 0 Å². The quantitative estimate of drug-likeness (QED) is 0.298. The highest BCUT2D eigenvalue weighted by atomic mass is 16.6. The molecule has 0 radical (unpaired) electrons. The molecular weight excluding hydrogens is 182 g/mol. The Morgan fingerprint density at radius 2 is 2.23 bits per heavy atom. The number of amidine groups is 1. The lowest BCUT2D eigenvalue weighted by molar-refractivity contribution is -0.493. The van der Waals surface area contributed by atoms with E-state index in [-0.39, 0.29) is 6.02 Å². The molecule has 1 rings (SSSR count). The predicted octanol–water partition coefficient (Wildman–Crippen LogP) is -1.71. The number of nitrogens with zero attached hydrogens (tertiary/aromatic N) is 2. The van der Waals surface area contributed by atoms with Crippen molar-refractivity contribution < 1.29 is 19.2 Å². The monoisotopic (exact) mass is 187 g/mol. The van der Waals surface area contributed by atoms with Gasteiger partial charge in [-0.25, -0.2) is 0 Å². The van der Waals surface area contributed by atoms with Gasteiger partial charge in [-0.2, -0.15) is 4.99 Å². The van der Waals surface area contributed by atoms with Gasteiger partial charge in [0.25, 0.3) is 6.02 Å². The van der Waals surface area contributed by atoms with E-state index < -0.39 is 22.8 Å². The van der Waals surface area contributed by atoms with Crippen LogP contribution in [0.25, 0.3) is 0 Å². The van der Waals surface area contributed by atoms with Crippen LogP contribution in [0, 0.1) is 10.1 Å². The Hall–Kier alpha value is -1.99. The molecule has 0 bridgehead atoms. The molecule has 0 aromatic rings. The van der Waals surface area contributed by atoms with Gasteiger partial charge >= 0.3 is 17.9 Å². The Morgan fingerprint density at radius 1 is 1.62 bits per heavy atom. The summed E-state index contributed by atoms with van der Waals surface area (Å²) in [5, 5.41) is 12.1. The summed E-state index contributed by atoms with van der Waals surface area (Å²) in [6.07, 6.45) is 0. The van der Waals surface area contributed by atoms with Crippen LogP contribution in [0.1, 0.15) is 0 Å². The summed E-state index contributed by atoms with van der Waals surface area (Å²) in [6.45, 7) is 0. The first-order valence-corrected chi connectivity index (χ1v) is 3.17. The smallest absolute Gasteiger partial charge is 0.368 e. The highest BCUT2D eigenvalue weighted by molar-refractivity contribution is 6.15. The maximum absolute atomic E-state index is 10.9. The maximum Gasteiger partial charge on any atom is 0.368 e. The van der Waals surface area contributed by atoms with Crippen molar-refractivity contribution in [1.82, 2.24) is 5.32 Å². The molecule has 1 aliphatic heterocycles. The summed E-state index contributed by atoms with van der Waals surface area (Å²) in [7, 11) is 1.18. The number of aliphatic imine (C=N–C) groups is 1. The van der Waals surface area contributed by atoms with Crippen LogP contribution in [0.5, 0.6) is 0 Å². The van der Waals surface area contributed by atoms with Crippen LogP contribution >= 0.6 is 0 Å². The SMILES string of the molecule is COC1=NC(=O)C([N+](=O)[O-])C(=O)N1. The van der Waals surface area contributed by atoms with Gasteiger partial charge in [0, 0.05) is 4.92 Å². The minimum absolute atomic E-state index is 0.326. The normalized spacial score (nSPS) is 21.9. The first kappa shape index (κ1) is 9.10. The van der Waals surface area contributed by atoms with Gasteiger partial charge in [-0.1, -0.05) is 0 Å². The van der Waals surface area contributed by atoms with E-state index in [0.717, 1.165) is 0 Å². The van der Waals surface area contributed by atoms with Crippen LogP contribution < -0.4 is 5.32 Å². The summed E-state index contributed by atoms with van der Waals surface area (Å²) >= 11 is 0. The molecule has 0 aromatic heterocycles. The van der Waals surface area contributed by atoms with E-state index in [1.54, 1.807) is 0 Å². The zero-order valence-electron chi connectivity index (χ0n) is 6.51. The van der Waals surface area contributed by atoms with Gasteiger partial charge in [-0.05, 0) is 0 Å². The molecule has 0 aliphatic carbocycles. The molecule has 0 saturated heterocycles. The van der Waals surface area contributed by atoms with E-state index in [4.69, 9.17) is 0 Å². The zero-order valence-corrected chi connectivity index (χ0v) is 6.51. The molecular formula is C5H5N3O5. The van der Waals surface area contributed by atoms with E-state index in [9.17, 15) is 19.7 Å². The van der Waals surface area contributed by atoms with Crippen molar-refractivity contribution in [2.45, 2.75) is 6.04 Å². The van der Waals surface area contributed by atoms with Crippen molar-refractivity contribution >= 4 is 17.8 Å². The number of nitrogens with one attached hydrogen (secondary N) is 1. The van der Waals surface area contributed by atoms with E-state index in [1.807, 2.05) is 5.32 Å². The molecule has 0 fully saturated rings. The van der Waals surface area contributed by atoms with Crippen molar-refractivity contribution in [3.63, 3.8) is 0 Å². The zero-order chi connectivity index (χ0) is 10.0. The Morgan fingerprint density at radius 3 is 2.62 bits per heavy atom. The van der Waals surface area contributed by atoms with Gasteiger partial charge in [-0.3, -0.25) is 25.0 Å². The number of nitro groups is 1. The number of amides is 2. The summed E-state index contributed by atoms with van der Waals surface area (Å²) in [5.41, 5.74) is 0. The molecule has 1 atom stereocenters. The summed E-state index contributed by atoms with van der Waals surface area (Å²) in [5.74, 6) is -2.17. The van der Waals surface area contributed by atoms with Crippen molar-refractivity contribution in [2.24, 2.45) is 4.99 Å². The largest absolute Gasteiger partial charge is 0.468 e. The number of rotatable bonds is 1. The molecule has 70 valence electrons. The van der Waals surface area contributed by atoms with E-state index in [2.05, 4.69) is 9.73 Å². The highest BCUT2D eigenvalue weighted by Gasteiger charge is 2.42. The van der Waals surface area contributed by atoms with Crippen LogP contribution in [0.2, 0.25) is 0 Å². The molecule has 0 aromatic carbocycles. The average molecular weight is 187 g/mol. The fourth-order valence-corrected chi connectivity index (χ4v) is 0.758. The van der Waals surface area contributed by atoms with Crippen molar-refractivity contribution in [1.29, 1.82) is 0 Å². The van der Waals surface area contributed by atoms with Gasteiger partial charge in [0.05, 0.1) is 7.11 Å². The summed E-state index contributed by atoms with van der Waals surface area (Å²) < 4.78 is 4.43. The summed E-state index contributed by atoms with van der Waals surface area (Å²) in [6, 6.07) is -2.29. The Balaban J connectivity index is 2.95. The van der Waals surface area contributed by atoms with Gasteiger partial charge < -0.3 is 4.74 Å². The molecule has 1 heterocycles. The Bertz CT molecular complexity index is 309. The minimum Gasteiger partial charge on any atom is -0.468 e. The second-order valence-electron chi connectivity index (χ2n) is 2.14. The third-order valence-electron chi connectivity index (χ3n) is 1.33. The van der Waals surface area contributed by atoms with E-state index >= 15 is 0 Å². The lowest BCUT2D eigenvalue weighted by Crippen LogP contribution is -2.51. The molecule has 2 amide bonds. The lowest BCUT2D eigenvalue weighted by atomic mass is 10.2. The lowest BCUT2D eigenvalue weighted by Gasteiger charge is -2.12. The highest BCUT2D eigenvalue weighted by Crippen LogP contribution is 2.00. The van der Waals surface area contributed by atoms with Crippen LogP contribution in [0.3, 0.4) is 0 Å². The molecule has 0 spiro atoms. The Kier molecular flexibility index (Phi) is 2.22. The third-order valence-corrected chi connectivity index (χ3v) is 1.33. The number of carbonyl (C=O) groups is 2. The van der Waals surface area contributed by atoms with Gasteiger partial charge in [-0.15, -0.1) is 0 Å². The number of hydrogen-bond donors (Lipinski definition) is 1. The first-order valence-electron chi connectivity index (χ1n) is 3.17. The van der Waals surface area contributed by atoms with Crippen molar-refractivity contribution in [3.05, 3.63) is 10.1 Å². The average Bonchev–Trinajstić information content (AvgIpc) is 2.02. The second-order valence-corrected chi connectivity index (χ2v) is 2.14. The van der Waals surface area contributed by atoms with E-state index in [1.165, 1.54) is 7.11 Å². The number of methoxy groups -OCH3 is 1. The fraction of sp³-hybridized carbons (Fsp3) is 0.400. The molecule has 1 unspecified atom stereocenters. The number of ether oxygens (including phenoxy) is 1. The first-order chi connectivity index (χ1) is 6.06. The van der Waals surface area contributed by atoms with Crippen LogP contribution in [-0.4, -0.2) is 35.9 Å². The fourth-order valence-electron chi connectivity index (χ4n) is 0.758. The molecule has 0 saturated carbocycles. The van der Waals surface area contributed by atoms with E-state index in [0.29, 0.717) is 0 Å². The van der Waals surface area contributed by atoms with Crippen molar-refractivity contribution in [3.8, 4) is 0 Å². The van der Waals surface area contributed by atoms with Crippen LogP contribution in [0.4, 0.5) is 0 Å². The maximum atomic E-state index is 10.9. The minimum atomic E-state index is -1.96. The van der Waals surface area contributed by atoms with Crippen LogP contribution in [0.15, 0.2) is 4.99 Å². The second kappa shape index (κ2) is 3.17. The predicted molar refractivity (Wildman–Crippen MR) is 38.4 cm³/mol.